The van der Waals surface area contributed by atoms with Crippen molar-refractivity contribution in [2.75, 3.05) is 0 Å². The van der Waals surface area contributed by atoms with Crippen LogP contribution < -0.4 is 5.56 Å². The first-order valence-electron chi connectivity index (χ1n) is 12.0. The molecule has 0 amide bonds. The number of nitrogens with zero attached hydrogens (tertiary/aromatic N) is 5. The van der Waals surface area contributed by atoms with Crippen LogP contribution in [0.5, 0.6) is 0 Å². The zero-order valence-corrected chi connectivity index (χ0v) is 20.0. The summed E-state index contributed by atoms with van der Waals surface area (Å²) in [5, 5.41) is 0.449. The van der Waals surface area contributed by atoms with Crippen molar-refractivity contribution in [1.29, 1.82) is 0 Å². The van der Waals surface area contributed by atoms with Crippen molar-refractivity contribution in [2.24, 2.45) is 0 Å². The zero-order chi connectivity index (χ0) is 24.8. The van der Waals surface area contributed by atoms with Gasteiger partial charge in [0.2, 0.25) is 0 Å². The minimum absolute atomic E-state index is 0.138. The average molecular weight is 478 g/mol. The number of hydrogen-bond donors (Lipinski definition) is 0. The molecular formula is C29H24FN5O. The summed E-state index contributed by atoms with van der Waals surface area (Å²) in [4.78, 5) is 29.0. The molecule has 6 aromatic rings. The first-order valence-corrected chi connectivity index (χ1v) is 12.0. The fourth-order valence-corrected chi connectivity index (χ4v) is 4.87. The van der Waals surface area contributed by atoms with Gasteiger partial charge in [0.1, 0.15) is 22.5 Å². The minimum atomic E-state index is -0.295. The van der Waals surface area contributed by atoms with Crippen LogP contribution in [0.2, 0.25) is 0 Å². The second-order valence-electron chi connectivity index (χ2n) is 8.94. The number of aromatic nitrogens is 5. The number of hydrogen-bond acceptors (Lipinski definition) is 4. The molecule has 0 aliphatic carbocycles. The van der Waals surface area contributed by atoms with Gasteiger partial charge in [-0.3, -0.25) is 9.36 Å². The van der Waals surface area contributed by atoms with Crippen molar-refractivity contribution in [3.63, 3.8) is 0 Å². The first kappa shape index (κ1) is 22.1. The van der Waals surface area contributed by atoms with Crippen molar-refractivity contribution in [3.8, 4) is 0 Å². The molecule has 1 atom stereocenters. The highest BCUT2D eigenvalue weighted by atomic mass is 19.1. The number of rotatable bonds is 5. The van der Waals surface area contributed by atoms with E-state index in [1.54, 1.807) is 16.7 Å². The largest absolute Gasteiger partial charge is 0.304 e. The average Bonchev–Trinajstić information content (AvgIpc) is 3.20. The van der Waals surface area contributed by atoms with Crippen LogP contribution in [-0.2, 0) is 13.0 Å². The van der Waals surface area contributed by atoms with Crippen LogP contribution in [0.3, 0.4) is 0 Å². The SMILES string of the molecule is CCc1nc2c(c(=O)n1C(C)c1ccccc1)c1nc3ccccc3nc1n2Cc1ccc(F)cc1. The number of fused-ring (bicyclic) bond motifs is 4. The molecule has 3 aromatic carbocycles. The summed E-state index contributed by atoms with van der Waals surface area (Å²) in [5.41, 5.74) is 4.89. The molecule has 6 rings (SSSR count). The molecule has 0 saturated heterocycles. The van der Waals surface area contributed by atoms with Gasteiger partial charge in [0.15, 0.2) is 11.3 Å². The molecule has 0 spiro atoms. The number of halogens is 1. The summed E-state index contributed by atoms with van der Waals surface area (Å²) < 4.78 is 17.3. The third-order valence-corrected chi connectivity index (χ3v) is 6.71. The van der Waals surface area contributed by atoms with Gasteiger partial charge in [0.05, 0.1) is 23.6 Å². The van der Waals surface area contributed by atoms with Gasteiger partial charge in [-0.05, 0) is 42.3 Å². The molecule has 0 N–H and O–H groups in total. The topological polar surface area (TPSA) is 65.6 Å². The van der Waals surface area contributed by atoms with Crippen LogP contribution in [0.15, 0.2) is 83.7 Å². The molecule has 6 nitrogen and oxygen atoms in total. The highest BCUT2D eigenvalue weighted by molar-refractivity contribution is 6.04. The quantitative estimate of drug-likeness (QED) is 0.322. The lowest BCUT2D eigenvalue weighted by atomic mass is 10.1. The lowest BCUT2D eigenvalue weighted by Gasteiger charge is -2.19. The van der Waals surface area contributed by atoms with E-state index < -0.39 is 0 Å². The van der Waals surface area contributed by atoms with E-state index in [2.05, 4.69) is 0 Å². The molecular weight excluding hydrogens is 453 g/mol. The highest BCUT2D eigenvalue weighted by Crippen LogP contribution is 2.28. The van der Waals surface area contributed by atoms with E-state index in [0.29, 0.717) is 46.5 Å². The van der Waals surface area contributed by atoms with E-state index in [1.165, 1.54) is 12.1 Å². The van der Waals surface area contributed by atoms with E-state index in [0.717, 1.165) is 16.6 Å². The maximum Gasteiger partial charge on any atom is 0.265 e. The van der Waals surface area contributed by atoms with Crippen molar-refractivity contribution >= 4 is 33.2 Å². The fourth-order valence-electron chi connectivity index (χ4n) is 4.87. The molecule has 178 valence electrons. The maximum atomic E-state index is 14.2. The first-order chi connectivity index (χ1) is 17.5. The summed E-state index contributed by atoms with van der Waals surface area (Å²) in [6.07, 6.45) is 0.587. The van der Waals surface area contributed by atoms with Gasteiger partial charge in [-0.15, -0.1) is 0 Å². The second kappa shape index (κ2) is 8.68. The molecule has 0 bridgehead atoms. The van der Waals surface area contributed by atoms with E-state index in [4.69, 9.17) is 15.0 Å². The molecule has 3 aromatic heterocycles. The monoisotopic (exact) mass is 477 g/mol. The Labute approximate surface area is 206 Å². The minimum Gasteiger partial charge on any atom is -0.304 e. The number of benzene rings is 3. The molecule has 0 saturated carbocycles. The molecule has 7 heteroatoms. The van der Waals surface area contributed by atoms with Gasteiger partial charge in [0, 0.05) is 6.42 Å². The van der Waals surface area contributed by atoms with Crippen LogP contribution >= 0.6 is 0 Å². The predicted octanol–water partition coefficient (Wildman–Crippen LogP) is 5.65. The smallest absolute Gasteiger partial charge is 0.265 e. The normalized spacial score (nSPS) is 12.5. The third kappa shape index (κ3) is 3.55. The molecule has 3 heterocycles. The van der Waals surface area contributed by atoms with E-state index in [1.807, 2.05) is 73.0 Å². The summed E-state index contributed by atoms with van der Waals surface area (Å²) in [6, 6.07) is 23.7. The molecule has 0 aliphatic rings. The zero-order valence-electron chi connectivity index (χ0n) is 20.0. The highest BCUT2D eigenvalue weighted by Gasteiger charge is 2.24. The van der Waals surface area contributed by atoms with Crippen molar-refractivity contribution in [1.82, 2.24) is 24.1 Å². The Morgan fingerprint density at radius 2 is 1.50 bits per heavy atom. The van der Waals surface area contributed by atoms with E-state index >= 15 is 0 Å². The Hall–Kier alpha value is -4.39. The van der Waals surface area contributed by atoms with E-state index in [-0.39, 0.29) is 17.4 Å². The van der Waals surface area contributed by atoms with Crippen LogP contribution in [0.25, 0.3) is 33.2 Å². The van der Waals surface area contributed by atoms with Gasteiger partial charge in [-0.25, -0.2) is 19.3 Å². The van der Waals surface area contributed by atoms with Crippen LogP contribution in [-0.4, -0.2) is 24.1 Å². The Bertz CT molecular complexity index is 1790. The molecule has 1 unspecified atom stereocenters. The molecule has 0 radical (unpaired) electrons. The van der Waals surface area contributed by atoms with Crippen LogP contribution in [0.1, 0.15) is 36.8 Å². The van der Waals surface area contributed by atoms with Crippen molar-refractivity contribution in [3.05, 3.63) is 112 Å². The van der Waals surface area contributed by atoms with Crippen molar-refractivity contribution in [2.45, 2.75) is 32.9 Å². The van der Waals surface area contributed by atoms with Gasteiger partial charge in [-0.1, -0.05) is 61.5 Å². The molecule has 0 fully saturated rings. The second-order valence-corrected chi connectivity index (χ2v) is 8.94. The summed E-state index contributed by atoms with van der Waals surface area (Å²) in [7, 11) is 0. The Morgan fingerprint density at radius 1 is 0.833 bits per heavy atom. The van der Waals surface area contributed by atoms with Crippen LogP contribution in [0.4, 0.5) is 4.39 Å². The van der Waals surface area contributed by atoms with Gasteiger partial charge >= 0.3 is 0 Å². The van der Waals surface area contributed by atoms with Gasteiger partial charge in [0.25, 0.3) is 5.56 Å². The van der Waals surface area contributed by atoms with Crippen molar-refractivity contribution < 1.29 is 4.39 Å². The van der Waals surface area contributed by atoms with Crippen LogP contribution in [0, 0.1) is 5.82 Å². The standard InChI is InChI=1S/C29H24FN5O/c1-3-24-33-27-25(29(36)35(24)18(2)20-9-5-4-6-10-20)26-28(32-23-12-8-7-11-22(23)31-26)34(27)17-19-13-15-21(30)16-14-19/h4-16,18H,3,17H2,1-2H3. The van der Waals surface area contributed by atoms with Gasteiger partial charge in [-0.2, -0.15) is 0 Å². The summed E-state index contributed by atoms with van der Waals surface area (Å²) in [5.74, 6) is 0.396. The predicted molar refractivity (Wildman–Crippen MR) is 140 cm³/mol. The Morgan fingerprint density at radius 3 is 2.19 bits per heavy atom. The summed E-state index contributed by atoms with van der Waals surface area (Å²) >= 11 is 0. The summed E-state index contributed by atoms with van der Waals surface area (Å²) in [6.45, 7) is 4.41. The lowest BCUT2D eigenvalue weighted by molar-refractivity contribution is 0.573. The maximum absolute atomic E-state index is 14.2. The Balaban J connectivity index is 1.69. The van der Waals surface area contributed by atoms with E-state index in [9.17, 15) is 9.18 Å². The molecule has 0 aliphatic heterocycles. The number of aryl methyl sites for hydroxylation is 1. The third-order valence-electron chi connectivity index (χ3n) is 6.71. The molecule has 36 heavy (non-hydrogen) atoms. The van der Waals surface area contributed by atoms with Gasteiger partial charge < -0.3 is 4.57 Å². The fraction of sp³-hybridized carbons (Fsp3) is 0.172. The lowest BCUT2D eigenvalue weighted by Crippen LogP contribution is -2.28. The Kier molecular flexibility index (Phi) is 5.33. The number of para-hydroxylation sites is 2.